The maximum atomic E-state index is 10.4. The van der Waals surface area contributed by atoms with Crippen molar-refractivity contribution in [1.82, 2.24) is 0 Å². The zero-order valence-electron chi connectivity index (χ0n) is 6.24. The van der Waals surface area contributed by atoms with Crippen LogP contribution in [0.15, 0.2) is 30.3 Å². The van der Waals surface area contributed by atoms with E-state index in [-0.39, 0.29) is 12.4 Å². The van der Waals surface area contributed by atoms with Crippen molar-refractivity contribution < 1.29 is 4.79 Å². The lowest BCUT2D eigenvalue weighted by Crippen LogP contribution is -2.31. The summed E-state index contributed by atoms with van der Waals surface area (Å²) in [4.78, 5) is 9.00. The van der Waals surface area contributed by atoms with E-state index in [0.717, 1.165) is 0 Å². The zero-order valence-corrected chi connectivity index (χ0v) is 7.81. The highest BCUT2D eigenvalue weighted by Crippen LogP contribution is 2.19. The first-order valence-electron chi connectivity index (χ1n) is 3.16. The third-order valence-corrected chi connectivity index (χ3v) is 1.70. The fraction of sp³-hybridized carbons (Fsp3) is 0.125. The van der Waals surface area contributed by atoms with Crippen LogP contribution >= 0.6 is 24.0 Å². The Hall–Kier alpha value is -0.570. The van der Waals surface area contributed by atoms with E-state index in [1.54, 1.807) is 24.3 Å². The van der Waals surface area contributed by atoms with Gasteiger partial charge in [0, 0.05) is 0 Å². The van der Waals surface area contributed by atoms with Crippen LogP contribution in [0.3, 0.4) is 0 Å². The van der Waals surface area contributed by atoms with Crippen LogP contribution < -0.4 is 5.73 Å². The van der Waals surface area contributed by atoms with E-state index in [4.69, 9.17) is 17.3 Å². The van der Waals surface area contributed by atoms with Crippen LogP contribution in [-0.2, 0) is 9.79 Å². The smallest absolute Gasteiger partial charge is 0.172 e. The first-order valence-corrected chi connectivity index (χ1v) is 3.54. The highest BCUT2D eigenvalue weighted by molar-refractivity contribution is 6.30. The monoisotopic (exact) mass is 205 g/mol. The van der Waals surface area contributed by atoms with E-state index in [1.165, 1.54) is 0 Å². The van der Waals surface area contributed by atoms with E-state index >= 15 is 0 Å². The number of nitrogens with two attached hydrogens (primary N) is 1. The molecular formula is C8H9Cl2NO. The second-order valence-corrected chi connectivity index (χ2v) is 2.88. The Morgan fingerprint density at radius 2 is 1.83 bits per heavy atom. The van der Waals surface area contributed by atoms with Gasteiger partial charge in [-0.2, -0.15) is 0 Å². The standard InChI is InChI=1S/C8H8ClNO.ClH/c9-8(10,6-11)7-4-2-1-3-5-7;/h1-6H,10H2;1H/t8-;/m1./s1. The maximum absolute atomic E-state index is 10.4. The summed E-state index contributed by atoms with van der Waals surface area (Å²) in [6.07, 6.45) is 0.518. The van der Waals surface area contributed by atoms with E-state index < -0.39 is 5.00 Å². The molecule has 0 bridgehead atoms. The van der Waals surface area contributed by atoms with Gasteiger partial charge in [0.1, 0.15) is 0 Å². The molecule has 0 fully saturated rings. The summed E-state index contributed by atoms with van der Waals surface area (Å²) in [5.41, 5.74) is 6.04. The van der Waals surface area contributed by atoms with Crippen molar-refractivity contribution in [3.05, 3.63) is 35.9 Å². The molecule has 2 nitrogen and oxygen atoms in total. The Morgan fingerprint density at radius 1 is 1.33 bits per heavy atom. The minimum Gasteiger partial charge on any atom is -0.303 e. The Bertz CT molecular complexity index is 248. The quantitative estimate of drug-likeness (QED) is 0.454. The number of alkyl halides is 1. The Kier molecular flexibility index (Phi) is 4.24. The molecule has 0 heterocycles. The van der Waals surface area contributed by atoms with Gasteiger partial charge in [-0.3, -0.25) is 4.79 Å². The summed E-state index contributed by atoms with van der Waals surface area (Å²) in [5.74, 6) is 0. The minimum absolute atomic E-state index is 0. The summed E-state index contributed by atoms with van der Waals surface area (Å²) in [6, 6.07) is 8.82. The second kappa shape index (κ2) is 4.45. The topological polar surface area (TPSA) is 43.1 Å². The molecule has 0 saturated heterocycles. The van der Waals surface area contributed by atoms with Crippen molar-refractivity contribution in [2.24, 2.45) is 5.73 Å². The van der Waals surface area contributed by atoms with E-state index in [1.807, 2.05) is 6.07 Å². The lowest BCUT2D eigenvalue weighted by molar-refractivity contribution is -0.110. The number of carbonyl (C=O) groups excluding carboxylic acids is 1. The Labute approximate surface area is 82.1 Å². The predicted molar refractivity (Wildman–Crippen MR) is 51.5 cm³/mol. The molecule has 1 aromatic rings. The van der Waals surface area contributed by atoms with Crippen LogP contribution in [0.5, 0.6) is 0 Å². The highest BCUT2D eigenvalue weighted by Gasteiger charge is 2.21. The molecule has 0 saturated carbocycles. The first kappa shape index (κ1) is 11.4. The van der Waals surface area contributed by atoms with Crippen molar-refractivity contribution in [3.8, 4) is 0 Å². The average molecular weight is 206 g/mol. The van der Waals surface area contributed by atoms with Crippen molar-refractivity contribution in [2.45, 2.75) is 5.00 Å². The number of hydrogen-bond donors (Lipinski definition) is 1. The summed E-state index contributed by atoms with van der Waals surface area (Å²) in [5, 5.41) is 0. The van der Waals surface area contributed by atoms with E-state index in [0.29, 0.717) is 11.8 Å². The fourth-order valence-corrected chi connectivity index (χ4v) is 0.888. The lowest BCUT2D eigenvalue weighted by atomic mass is 10.1. The van der Waals surface area contributed by atoms with Gasteiger partial charge in [0.15, 0.2) is 11.3 Å². The molecule has 4 heteroatoms. The van der Waals surface area contributed by atoms with Gasteiger partial charge < -0.3 is 5.73 Å². The van der Waals surface area contributed by atoms with Crippen molar-refractivity contribution in [1.29, 1.82) is 0 Å². The summed E-state index contributed by atoms with van der Waals surface area (Å²) >= 11 is 5.66. The molecule has 0 aliphatic carbocycles. The molecule has 0 aliphatic rings. The Balaban J connectivity index is 0.00000121. The third kappa shape index (κ3) is 2.48. The van der Waals surface area contributed by atoms with Gasteiger partial charge in [-0.15, -0.1) is 12.4 Å². The molecule has 2 N–H and O–H groups in total. The summed E-state index contributed by atoms with van der Waals surface area (Å²) < 4.78 is 0. The molecule has 1 rings (SSSR count). The molecule has 0 unspecified atom stereocenters. The second-order valence-electron chi connectivity index (χ2n) is 2.25. The van der Waals surface area contributed by atoms with Crippen LogP contribution in [0.1, 0.15) is 5.56 Å². The number of carbonyl (C=O) groups is 1. The molecule has 1 atom stereocenters. The van der Waals surface area contributed by atoms with Gasteiger partial charge in [0.2, 0.25) is 0 Å². The van der Waals surface area contributed by atoms with Crippen molar-refractivity contribution in [3.63, 3.8) is 0 Å². The van der Waals surface area contributed by atoms with Gasteiger partial charge in [0.25, 0.3) is 0 Å². The molecule has 0 radical (unpaired) electrons. The molecule has 12 heavy (non-hydrogen) atoms. The molecule has 0 spiro atoms. The number of hydrogen-bond acceptors (Lipinski definition) is 2. The fourth-order valence-electron chi connectivity index (χ4n) is 0.762. The Morgan fingerprint density at radius 3 is 2.25 bits per heavy atom. The van der Waals surface area contributed by atoms with Gasteiger partial charge in [-0.05, 0) is 5.56 Å². The highest BCUT2D eigenvalue weighted by atomic mass is 35.5. The minimum atomic E-state index is -1.37. The average Bonchev–Trinajstić information content (AvgIpc) is 2.06. The first-order chi connectivity index (χ1) is 5.17. The molecule has 66 valence electrons. The van der Waals surface area contributed by atoms with E-state index in [2.05, 4.69) is 0 Å². The molecule has 1 aromatic carbocycles. The number of rotatable bonds is 2. The normalized spacial score (nSPS) is 14.2. The van der Waals surface area contributed by atoms with E-state index in [9.17, 15) is 4.79 Å². The molecule has 0 aromatic heterocycles. The van der Waals surface area contributed by atoms with Gasteiger partial charge in [-0.25, -0.2) is 0 Å². The number of benzene rings is 1. The largest absolute Gasteiger partial charge is 0.303 e. The van der Waals surface area contributed by atoms with Crippen LogP contribution in [0.4, 0.5) is 0 Å². The number of aldehydes is 1. The summed E-state index contributed by atoms with van der Waals surface area (Å²) in [7, 11) is 0. The van der Waals surface area contributed by atoms with Crippen LogP contribution in [-0.4, -0.2) is 6.29 Å². The molecule has 0 aliphatic heterocycles. The summed E-state index contributed by atoms with van der Waals surface area (Å²) in [6.45, 7) is 0. The third-order valence-electron chi connectivity index (χ3n) is 1.39. The maximum Gasteiger partial charge on any atom is 0.172 e. The van der Waals surface area contributed by atoms with Gasteiger partial charge >= 0.3 is 0 Å². The lowest BCUT2D eigenvalue weighted by Gasteiger charge is -2.13. The SMILES string of the molecule is Cl.N[C@](Cl)(C=O)c1ccccc1. The van der Waals surface area contributed by atoms with Crippen LogP contribution in [0, 0.1) is 0 Å². The van der Waals surface area contributed by atoms with Crippen molar-refractivity contribution >= 4 is 30.3 Å². The van der Waals surface area contributed by atoms with Gasteiger partial charge in [0.05, 0.1) is 0 Å². The van der Waals surface area contributed by atoms with Gasteiger partial charge in [-0.1, -0.05) is 41.9 Å². The number of halogens is 2. The molecule has 0 amide bonds. The predicted octanol–water partition coefficient (Wildman–Crippen LogP) is 1.66. The van der Waals surface area contributed by atoms with Crippen molar-refractivity contribution in [2.75, 3.05) is 0 Å². The zero-order chi connectivity index (χ0) is 8.32. The molecular weight excluding hydrogens is 197 g/mol. The van der Waals surface area contributed by atoms with Crippen LogP contribution in [0.25, 0.3) is 0 Å². The van der Waals surface area contributed by atoms with Crippen LogP contribution in [0.2, 0.25) is 0 Å².